The molecule has 0 spiro atoms. The zero-order chi connectivity index (χ0) is 9.40. The van der Waals surface area contributed by atoms with Gasteiger partial charge in [-0.05, 0) is 6.42 Å². The summed E-state index contributed by atoms with van der Waals surface area (Å²) in [7, 11) is 1.33. The van der Waals surface area contributed by atoms with Crippen molar-refractivity contribution in [1.29, 1.82) is 0 Å². The van der Waals surface area contributed by atoms with Gasteiger partial charge in [-0.1, -0.05) is 13.3 Å². The lowest BCUT2D eigenvalue weighted by Crippen LogP contribution is -2.16. The minimum absolute atomic E-state index is 0.184. The number of rotatable bonds is 3. The fourth-order valence-corrected chi connectivity index (χ4v) is 0.472. The van der Waals surface area contributed by atoms with E-state index in [2.05, 4.69) is 14.5 Å². The van der Waals surface area contributed by atoms with Crippen molar-refractivity contribution in [2.24, 2.45) is 10.7 Å². The first-order chi connectivity index (χ1) is 5.70. The molecule has 70 valence electrons. The SMILES string of the molecule is CCCCOC(=O)/N=C(/N)OC. The van der Waals surface area contributed by atoms with Gasteiger partial charge in [-0.2, -0.15) is 0 Å². The summed E-state index contributed by atoms with van der Waals surface area (Å²) in [4.78, 5) is 14.0. The van der Waals surface area contributed by atoms with E-state index in [4.69, 9.17) is 5.73 Å². The van der Waals surface area contributed by atoms with Gasteiger partial charge in [0.2, 0.25) is 0 Å². The molecule has 0 aliphatic heterocycles. The standard InChI is InChI=1S/C7H14N2O3/c1-3-4-5-12-7(10)9-6(8)11-2/h3-5H2,1-2H3,(H2,8,9,10). The summed E-state index contributed by atoms with van der Waals surface area (Å²) in [6.07, 6.45) is 1.09. The van der Waals surface area contributed by atoms with Crippen molar-refractivity contribution < 1.29 is 14.3 Å². The lowest BCUT2D eigenvalue weighted by atomic mass is 10.4. The molecule has 0 aromatic heterocycles. The Bertz CT molecular complexity index is 168. The number of methoxy groups -OCH3 is 1. The number of carbonyl (C=O) groups is 1. The fraction of sp³-hybridized carbons (Fsp3) is 0.714. The molecule has 12 heavy (non-hydrogen) atoms. The molecule has 0 heterocycles. The van der Waals surface area contributed by atoms with Gasteiger partial charge in [0.25, 0.3) is 6.02 Å². The summed E-state index contributed by atoms with van der Waals surface area (Å²) < 4.78 is 9.12. The first-order valence-corrected chi connectivity index (χ1v) is 3.75. The Morgan fingerprint density at radius 2 is 2.25 bits per heavy atom. The van der Waals surface area contributed by atoms with E-state index in [1.54, 1.807) is 0 Å². The van der Waals surface area contributed by atoms with Crippen LogP contribution in [0.2, 0.25) is 0 Å². The van der Waals surface area contributed by atoms with Crippen molar-refractivity contribution in [3.05, 3.63) is 0 Å². The van der Waals surface area contributed by atoms with Crippen LogP contribution in [0.25, 0.3) is 0 Å². The van der Waals surface area contributed by atoms with E-state index in [0.717, 1.165) is 12.8 Å². The Morgan fingerprint density at radius 3 is 2.75 bits per heavy atom. The molecular formula is C7H14N2O3. The van der Waals surface area contributed by atoms with Crippen molar-refractivity contribution >= 4 is 12.1 Å². The Balaban J connectivity index is 3.59. The number of nitrogens with zero attached hydrogens (tertiary/aromatic N) is 1. The molecule has 0 aliphatic carbocycles. The van der Waals surface area contributed by atoms with Crippen molar-refractivity contribution in [1.82, 2.24) is 0 Å². The molecule has 0 aliphatic rings. The van der Waals surface area contributed by atoms with E-state index in [1.807, 2.05) is 6.92 Å². The predicted octanol–water partition coefficient (Wildman–Crippen LogP) is 0.884. The Hall–Kier alpha value is -1.26. The zero-order valence-electron chi connectivity index (χ0n) is 7.37. The smallest absolute Gasteiger partial charge is 0.438 e. The lowest BCUT2D eigenvalue weighted by molar-refractivity contribution is 0.155. The highest BCUT2D eigenvalue weighted by atomic mass is 16.6. The first kappa shape index (κ1) is 10.7. The van der Waals surface area contributed by atoms with Gasteiger partial charge in [0.05, 0.1) is 13.7 Å². The third kappa shape index (κ3) is 5.52. The largest absolute Gasteiger partial charge is 0.468 e. The average Bonchev–Trinajstić information content (AvgIpc) is 2.05. The van der Waals surface area contributed by atoms with Crippen LogP contribution in [-0.2, 0) is 9.47 Å². The predicted molar refractivity (Wildman–Crippen MR) is 44.9 cm³/mol. The van der Waals surface area contributed by atoms with Gasteiger partial charge < -0.3 is 15.2 Å². The second kappa shape index (κ2) is 6.45. The second-order valence-corrected chi connectivity index (χ2v) is 2.12. The molecule has 2 N–H and O–H groups in total. The number of ether oxygens (including phenoxy) is 2. The van der Waals surface area contributed by atoms with Crippen LogP contribution in [0.1, 0.15) is 19.8 Å². The van der Waals surface area contributed by atoms with Crippen molar-refractivity contribution in [2.75, 3.05) is 13.7 Å². The van der Waals surface area contributed by atoms with Crippen LogP contribution in [-0.4, -0.2) is 25.8 Å². The summed E-state index contributed by atoms with van der Waals surface area (Å²) in [5.74, 6) is 0. The van der Waals surface area contributed by atoms with Crippen LogP contribution < -0.4 is 5.73 Å². The van der Waals surface area contributed by atoms with E-state index >= 15 is 0 Å². The summed E-state index contributed by atoms with van der Waals surface area (Å²) in [5.41, 5.74) is 5.11. The number of amides is 1. The van der Waals surface area contributed by atoms with Crippen molar-refractivity contribution in [2.45, 2.75) is 19.8 Å². The molecule has 5 heteroatoms. The molecule has 5 nitrogen and oxygen atoms in total. The highest BCUT2D eigenvalue weighted by molar-refractivity contribution is 5.85. The van der Waals surface area contributed by atoms with E-state index in [9.17, 15) is 4.79 Å². The van der Waals surface area contributed by atoms with Gasteiger partial charge >= 0.3 is 6.09 Å². The normalized spacial score (nSPS) is 11.0. The Labute approximate surface area is 71.6 Å². The van der Waals surface area contributed by atoms with Crippen molar-refractivity contribution in [3.63, 3.8) is 0 Å². The molecule has 0 bridgehead atoms. The molecule has 0 rings (SSSR count). The molecule has 0 saturated heterocycles. The molecule has 0 atom stereocenters. The summed E-state index contributed by atoms with van der Waals surface area (Å²) in [6, 6.07) is -0.184. The molecule has 0 saturated carbocycles. The van der Waals surface area contributed by atoms with Crippen LogP contribution in [0.15, 0.2) is 4.99 Å². The maximum absolute atomic E-state index is 10.7. The van der Waals surface area contributed by atoms with E-state index < -0.39 is 6.09 Å². The molecule has 1 amide bonds. The third-order valence-corrected chi connectivity index (χ3v) is 1.13. The van der Waals surface area contributed by atoms with E-state index in [1.165, 1.54) is 7.11 Å². The number of unbranched alkanes of at least 4 members (excludes halogenated alkanes) is 1. The minimum Gasteiger partial charge on any atom is -0.468 e. The van der Waals surface area contributed by atoms with Gasteiger partial charge in [0.15, 0.2) is 0 Å². The zero-order valence-corrected chi connectivity index (χ0v) is 7.37. The molecule has 0 aromatic rings. The van der Waals surface area contributed by atoms with Gasteiger partial charge in [0.1, 0.15) is 0 Å². The van der Waals surface area contributed by atoms with Gasteiger partial charge in [-0.15, -0.1) is 4.99 Å². The second-order valence-electron chi connectivity index (χ2n) is 2.12. The van der Waals surface area contributed by atoms with Gasteiger partial charge in [-0.3, -0.25) is 0 Å². The monoisotopic (exact) mass is 174 g/mol. The molecule has 0 unspecified atom stereocenters. The Morgan fingerprint density at radius 1 is 1.58 bits per heavy atom. The number of hydrogen-bond acceptors (Lipinski definition) is 3. The van der Waals surface area contributed by atoms with Crippen LogP contribution in [0.5, 0.6) is 0 Å². The van der Waals surface area contributed by atoms with E-state index in [0.29, 0.717) is 6.61 Å². The topological polar surface area (TPSA) is 73.9 Å². The van der Waals surface area contributed by atoms with Crippen LogP contribution >= 0.6 is 0 Å². The van der Waals surface area contributed by atoms with E-state index in [-0.39, 0.29) is 6.02 Å². The Kier molecular flexibility index (Phi) is 5.77. The number of hydrogen-bond donors (Lipinski definition) is 1. The molecule has 0 fully saturated rings. The third-order valence-electron chi connectivity index (χ3n) is 1.13. The number of nitrogens with two attached hydrogens (primary N) is 1. The lowest BCUT2D eigenvalue weighted by Gasteiger charge is -1.99. The quantitative estimate of drug-likeness (QED) is 0.391. The van der Waals surface area contributed by atoms with Crippen LogP contribution in [0.4, 0.5) is 4.79 Å². The minimum atomic E-state index is -0.706. The summed E-state index contributed by atoms with van der Waals surface area (Å²) in [6.45, 7) is 2.37. The van der Waals surface area contributed by atoms with Crippen molar-refractivity contribution in [3.8, 4) is 0 Å². The number of carbonyl (C=O) groups excluding carboxylic acids is 1. The maximum atomic E-state index is 10.7. The summed E-state index contributed by atoms with van der Waals surface area (Å²) >= 11 is 0. The number of amidine groups is 1. The summed E-state index contributed by atoms with van der Waals surface area (Å²) in [5, 5.41) is 0. The van der Waals surface area contributed by atoms with Crippen LogP contribution in [0, 0.1) is 0 Å². The maximum Gasteiger partial charge on any atom is 0.438 e. The number of aliphatic imine (C=N–C) groups is 1. The highest BCUT2D eigenvalue weighted by Gasteiger charge is 2.00. The highest BCUT2D eigenvalue weighted by Crippen LogP contribution is 1.90. The average molecular weight is 174 g/mol. The molecular weight excluding hydrogens is 160 g/mol. The molecule has 0 radical (unpaired) electrons. The van der Waals surface area contributed by atoms with Gasteiger partial charge in [-0.25, -0.2) is 4.79 Å². The molecule has 0 aromatic carbocycles. The fourth-order valence-electron chi connectivity index (χ4n) is 0.472. The first-order valence-electron chi connectivity index (χ1n) is 3.75. The van der Waals surface area contributed by atoms with Crippen LogP contribution in [0.3, 0.4) is 0 Å². The van der Waals surface area contributed by atoms with Gasteiger partial charge in [0, 0.05) is 0 Å².